The molecule has 1 aromatic heterocycles. The van der Waals surface area contributed by atoms with Crippen molar-refractivity contribution in [1.29, 1.82) is 0 Å². The molecule has 86 valence electrons. The first kappa shape index (κ1) is 11.1. The number of nitrogens with one attached hydrogen (secondary N) is 1. The van der Waals surface area contributed by atoms with Crippen LogP contribution < -0.4 is 5.32 Å². The molecule has 0 aliphatic carbocycles. The van der Waals surface area contributed by atoms with E-state index >= 15 is 0 Å². The van der Waals surface area contributed by atoms with Crippen LogP contribution in [0.25, 0.3) is 0 Å². The van der Waals surface area contributed by atoms with Crippen LogP contribution in [0.5, 0.6) is 0 Å². The molecular formula is C13H18N2O. The van der Waals surface area contributed by atoms with E-state index in [2.05, 4.69) is 22.4 Å². The second kappa shape index (κ2) is 5.66. The molecule has 0 radical (unpaired) electrons. The highest BCUT2D eigenvalue weighted by Crippen LogP contribution is 2.16. The number of hydrogen-bond donors (Lipinski definition) is 1. The molecule has 0 saturated carbocycles. The molecule has 1 unspecified atom stereocenters. The highest BCUT2D eigenvalue weighted by Gasteiger charge is 2.16. The molecule has 0 amide bonds. The van der Waals surface area contributed by atoms with E-state index in [4.69, 9.17) is 4.74 Å². The van der Waals surface area contributed by atoms with Crippen LogP contribution in [0.4, 0.5) is 0 Å². The van der Waals surface area contributed by atoms with Crippen molar-refractivity contribution in [2.75, 3.05) is 13.7 Å². The fourth-order valence-electron chi connectivity index (χ4n) is 1.92. The van der Waals surface area contributed by atoms with Gasteiger partial charge in [-0.1, -0.05) is 6.07 Å². The maximum Gasteiger partial charge on any atom is 0.109 e. The number of hydrogen-bond acceptors (Lipinski definition) is 3. The van der Waals surface area contributed by atoms with Crippen LogP contribution in [-0.2, 0) is 11.2 Å². The Bertz CT molecular complexity index is 348. The second-order valence-electron chi connectivity index (χ2n) is 4.00. The second-order valence-corrected chi connectivity index (χ2v) is 4.00. The van der Waals surface area contributed by atoms with Gasteiger partial charge in [0.1, 0.15) is 5.76 Å². The maximum absolute atomic E-state index is 5.68. The van der Waals surface area contributed by atoms with Gasteiger partial charge in [-0.15, -0.1) is 0 Å². The molecule has 3 heteroatoms. The Morgan fingerprint density at radius 3 is 3.12 bits per heavy atom. The van der Waals surface area contributed by atoms with E-state index in [1.54, 1.807) is 6.20 Å². The average Bonchev–Trinajstić information content (AvgIpc) is 2.38. The number of rotatable bonds is 4. The molecule has 1 aromatic rings. The summed E-state index contributed by atoms with van der Waals surface area (Å²) in [6, 6.07) is 4.34. The topological polar surface area (TPSA) is 34.2 Å². The lowest BCUT2D eigenvalue weighted by Gasteiger charge is -2.23. The van der Waals surface area contributed by atoms with Gasteiger partial charge in [0.05, 0.1) is 12.6 Å². The zero-order chi connectivity index (χ0) is 11.2. The lowest BCUT2D eigenvalue weighted by Crippen LogP contribution is -2.32. The van der Waals surface area contributed by atoms with Crippen molar-refractivity contribution in [1.82, 2.24) is 10.3 Å². The third-order valence-corrected chi connectivity index (χ3v) is 2.82. The monoisotopic (exact) mass is 218 g/mol. The Morgan fingerprint density at radius 1 is 1.56 bits per heavy atom. The van der Waals surface area contributed by atoms with Gasteiger partial charge in [-0.3, -0.25) is 4.98 Å². The lowest BCUT2D eigenvalue weighted by molar-refractivity contribution is 0.169. The Balaban J connectivity index is 2.03. The van der Waals surface area contributed by atoms with Crippen molar-refractivity contribution in [2.24, 2.45) is 0 Å². The van der Waals surface area contributed by atoms with Gasteiger partial charge in [-0.05, 0) is 44.0 Å². The fraction of sp³-hybridized carbons (Fsp3) is 0.462. The summed E-state index contributed by atoms with van der Waals surface area (Å²) in [6.07, 6.45) is 9.09. The zero-order valence-corrected chi connectivity index (χ0v) is 9.65. The van der Waals surface area contributed by atoms with Gasteiger partial charge in [-0.2, -0.15) is 0 Å². The van der Waals surface area contributed by atoms with Gasteiger partial charge in [0.15, 0.2) is 0 Å². The largest absolute Gasteiger partial charge is 0.497 e. The molecule has 1 aliphatic heterocycles. The van der Waals surface area contributed by atoms with Crippen LogP contribution in [0.1, 0.15) is 18.4 Å². The number of allylic oxidation sites excluding steroid dienone is 1. The number of likely N-dealkylation sites (N-methyl/N-ethyl adjacent to an activating group) is 1. The average molecular weight is 218 g/mol. The zero-order valence-electron chi connectivity index (χ0n) is 9.65. The van der Waals surface area contributed by atoms with Gasteiger partial charge in [0, 0.05) is 12.4 Å². The molecule has 2 heterocycles. The Hall–Kier alpha value is -1.35. The normalized spacial score (nSPS) is 17.4. The van der Waals surface area contributed by atoms with E-state index in [1.165, 1.54) is 5.56 Å². The van der Waals surface area contributed by atoms with E-state index in [0.717, 1.165) is 31.6 Å². The number of pyridine rings is 1. The van der Waals surface area contributed by atoms with Gasteiger partial charge < -0.3 is 10.1 Å². The molecule has 16 heavy (non-hydrogen) atoms. The molecule has 0 bridgehead atoms. The van der Waals surface area contributed by atoms with E-state index in [0.29, 0.717) is 0 Å². The third-order valence-electron chi connectivity index (χ3n) is 2.82. The van der Waals surface area contributed by atoms with Crippen LogP contribution in [0, 0.1) is 0 Å². The minimum absolute atomic E-state index is 0.268. The summed E-state index contributed by atoms with van der Waals surface area (Å²) in [4.78, 5) is 4.13. The van der Waals surface area contributed by atoms with E-state index in [-0.39, 0.29) is 6.04 Å². The van der Waals surface area contributed by atoms with E-state index < -0.39 is 0 Å². The molecule has 1 N–H and O–H groups in total. The van der Waals surface area contributed by atoms with Crippen molar-refractivity contribution in [3.63, 3.8) is 0 Å². The van der Waals surface area contributed by atoms with Crippen molar-refractivity contribution < 1.29 is 4.74 Å². The number of aromatic nitrogens is 1. The van der Waals surface area contributed by atoms with Crippen LogP contribution in [0.3, 0.4) is 0 Å². The lowest BCUT2D eigenvalue weighted by atomic mass is 10.0. The first-order chi connectivity index (χ1) is 7.90. The Kier molecular flexibility index (Phi) is 3.94. The Labute approximate surface area is 96.5 Å². The van der Waals surface area contributed by atoms with Crippen LogP contribution >= 0.6 is 0 Å². The van der Waals surface area contributed by atoms with E-state index in [1.807, 2.05) is 19.3 Å². The summed E-state index contributed by atoms with van der Waals surface area (Å²) in [5.41, 5.74) is 1.23. The molecule has 3 nitrogen and oxygen atoms in total. The van der Waals surface area contributed by atoms with Gasteiger partial charge in [-0.25, -0.2) is 0 Å². The molecule has 0 fully saturated rings. The van der Waals surface area contributed by atoms with Crippen molar-refractivity contribution >= 4 is 0 Å². The molecular weight excluding hydrogens is 200 g/mol. The van der Waals surface area contributed by atoms with Gasteiger partial charge in [0.25, 0.3) is 0 Å². The molecule has 0 aromatic carbocycles. The summed E-state index contributed by atoms with van der Waals surface area (Å²) >= 11 is 0. The summed E-state index contributed by atoms with van der Waals surface area (Å²) < 4.78 is 5.68. The summed E-state index contributed by atoms with van der Waals surface area (Å²) in [6.45, 7) is 0.844. The number of ether oxygens (including phenoxy) is 1. The smallest absolute Gasteiger partial charge is 0.109 e. The van der Waals surface area contributed by atoms with Crippen LogP contribution in [0.15, 0.2) is 36.4 Å². The first-order valence-corrected chi connectivity index (χ1v) is 5.79. The molecule has 0 spiro atoms. The van der Waals surface area contributed by atoms with Crippen LogP contribution in [-0.4, -0.2) is 24.7 Å². The van der Waals surface area contributed by atoms with Crippen molar-refractivity contribution in [3.05, 3.63) is 41.9 Å². The highest BCUT2D eigenvalue weighted by atomic mass is 16.5. The van der Waals surface area contributed by atoms with Gasteiger partial charge in [0.2, 0.25) is 0 Å². The predicted molar refractivity (Wildman–Crippen MR) is 64.1 cm³/mol. The fourth-order valence-corrected chi connectivity index (χ4v) is 1.92. The van der Waals surface area contributed by atoms with E-state index in [9.17, 15) is 0 Å². The molecule has 1 atom stereocenters. The standard InChI is InChI=1S/C13H18N2O/c1-14-12(13-6-2-3-8-16-13)9-11-5-4-7-15-10-11/h4-7,10,12,14H,2-3,8-9H2,1H3. The summed E-state index contributed by atoms with van der Waals surface area (Å²) in [5, 5.41) is 3.30. The van der Waals surface area contributed by atoms with Crippen molar-refractivity contribution in [3.8, 4) is 0 Å². The highest BCUT2D eigenvalue weighted by molar-refractivity contribution is 5.15. The molecule has 2 rings (SSSR count). The Morgan fingerprint density at radius 2 is 2.50 bits per heavy atom. The SMILES string of the molecule is CNC(Cc1cccnc1)C1=CCCCO1. The quantitative estimate of drug-likeness (QED) is 0.838. The predicted octanol–water partition coefficient (Wildman–Crippen LogP) is 1.91. The molecule has 0 saturated heterocycles. The third kappa shape index (κ3) is 2.83. The first-order valence-electron chi connectivity index (χ1n) is 5.79. The summed E-state index contributed by atoms with van der Waals surface area (Å²) in [5.74, 6) is 1.08. The minimum atomic E-state index is 0.268. The summed E-state index contributed by atoms with van der Waals surface area (Å²) in [7, 11) is 1.97. The maximum atomic E-state index is 5.68. The van der Waals surface area contributed by atoms with Gasteiger partial charge >= 0.3 is 0 Å². The molecule has 1 aliphatic rings. The van der Waals surface area contributed by atoms with Crippen molar-refractivity contribution in [2.45, 2.75) is 25.3 Å². The minimum Gasteiger partial charge on any atom is -0.497 e. The number of nitrogens with zero attached hydrogens (tertiary/aromatic N) is 1. The van der Waals surface area contributed by atoms with Crippen LogP contribution in [0.2, 0.25) is 0 Å².